The lowest BCUT2D eigenvalue weighted by atomic mass is 9.95. The first-order chi connectivity index (χ1) is 16.0. The summed E-state index contributed by atoms with van der Waals surface area (Å²) in [7, 11) is 1.46. The van der Waals surface area contributed by atoms with E-state index in [2.05, 4.69) is 10.2 Å². The second-order valence-electron chi connectivity index (χ2n) is 7.59. The van der Waals surface area contributed by atoms with Gasteiger partial charge in [-0.05, 0) is 42.0 Å². The molecule has 1 amide bonds. The number of aromatic amines is 1. The number of aromatic hydroxyl groups is 1. The quantitative estimate of drug-likeness (QED) is 0.427. The van der Waals surface area contributed by atoms with Crippen LogP contribution in [0.25, 0.3) is 11.3 Å². The van der Waals surface area contributed by atoms with Gasteiger partial charge in [-0.3, -0.25) is 14.8 Å². The standard InChI is InChI=1S/C25H19N3O5/c1-33-19-13-16(9-12-18(19)29)23-20-21(14-5-3-2-4-6-14)26-27-22(20)24(30)28(23)17-10-7-15(8-11-17)25(31)32/h2-13,23,29H,1H3,(H,26,27)(H,31,32)/t23-/m1/s1. The SMILES string of the molecule is COc1cc([C@@H]2c3c(-c4ccccc4)n[nH]c3C(=O)N2c2ccc(C(=O)O)cc2)ccc1O. The molecule has 5 rings (SSSR count). The Labute approximate surface area is 188 Å². The molecular formula is C25H19N3O5. The summed E-state index contributed by atoms with van der Waals surface area (Å²) in [5.41, 5.74) is 3.90. The molecule has 0 radical (unpaired) electrons. The van der Waals surface area contributed by atoms with Gasteiger partial charge in [-0.15, -0.1) is 0 Å². The molecule has 1 aliphatic rings. The average Bonchev–Trinajstić information content (AvgIpc) is 3.39. The van der Waals surface area contributed by atoms with Crippen LogP contribution in [0.4, 0.5) is 5.69 Å². The zero-order valence-corrected chi connectivity index (χ0v) is 17.5. The van der Waals surface area contributed by atoms with Gasteiger partial charge < -0.3 is 14.9 Å². The summed E-state index contributed by atoms with van der Waals surface area (Å²) in [6.45, 7) is 0. The Kier molecular flexibility index (Phi) is 4.82. The van der Waals surface area contributed by atoms with Crippen LogP contribution in [-0.2, 0) is 0 Å². The van der Waals surface area contributed by atoms with Crippen molar-refractivity contribution in [2.75, 3.05) is 12.0 Å². The summed E-state index contributed by atoms with van der Waals surface area (Å²) in [5.74, 6) is -1.08. The summed E-state index contributed by atoms with van der Waals surface area (Å²) in [6, 6.07) is 20.0. The van der Waals surface area contributed by atoms with E-state index in [1.807, 2.05) is 30.3 Å². The number of hydrogen-bond acceptors (Lipinski definition) is 5. The highest BCUT2D eigenvalue weighted by Crippen LogP contribution is 2.46. The van der Waals surface area contributed by atoms with E-state index >= 15 is 0 Å². The highest BCUT2D eigenvalue weighted by atomic mass is 16.5. The van der Waals surface area contributed by atoms with Crippen LogP contribution >= 0.6 is 0 Å². The first-order valence-corrected chi connectivity index (χ1v) is 10.2. The number of phenolic OH excluding ortho intramolecular Hbond substituents is 1. The summed E-state index contributed by atoms with van der Waals surface area (Å²) < 4.78 is 5.30. The Morgan fingerprint density at radius 3 is 2.45 bits per heavy atom. The molecule has 3 N–H and O–H groups in total. The fourth-order valence-electron chi connectivity index (χ4n) is 4.17. The number of carbonyl (C=O) groups is 2. The molecule has 0 fully saturated rings. The molecule has 1 aliphatic heterocycles. The first kappa shape index (κ1) is 20.3. The second kappa shape index (κ2) is 7.83. The zero-order chi connectivity index (χ0) is 23.1. The molecule has 0 unspecified atom stereocenters. The molecule has 1 aromatic heterocycles. The molecule has 0 spiro atoms. The Bertz CT molecular complexity index is 1360. The Hall–Kier alpha value is -4.59. The number of carboxylic acids is 1. The fraction of sp³-hybridized carbons (Fsp3) is 0.0800. The molecule has 0 saturated carbocycles. The third-order valence-electron chi connectivity index (χ3n) is 5.73. The van der Waals surface area contributed by atoms with Crippen LogP contribution in [0, 0.1) is 0 Å². The van der Waals surface area contributed by atoms with Crippen molar-refractivity contribution in [3.8, 4) is 22.8 Å². The Morgan fingerprint density at radius 2 is 1.79 bits per heavy atom. The lowest BCUT2D eigenvalue weighted by Crippen LogP contribution is -2.29. The van der Waals surface area contributed by atoms with Gasteiger partial charge in [0.05, 0.1) is 24.4 Å². The number of ether oxygens (including phenoxy) is 1. The fourth-order valence-corrected chi connectivity index (χ4v) is 4.17. The van der Waals surface area contributed by atoms with Gasteiger partial charge in [-0.25, -0.2) is 4.79 Å². The summed E-state index contributed by atoms with van der Waals surface area (Å²) in [6.07, 6.45) is 0. The van der Waals surface area contributed by atoms with E-state index in [0.29, 0.717) is 28.2 Å². The molecule has 8 nitrogen and oxygen atoms in total. The number of carbonyl (C=O) groups excluding carboxylic acids is 1. The zero-order valence-electron chi connectivity index (χ0n) is 17.5. The van der Waals surface area contributed by atoms with Crippen molar-refractivity contribution in [2.24, 2.45) is 0 Å². The Morgan fingerprint density at radius 1 is 1.06 bits per heavy atom. The first-order valence-electron chi connectivity index (χ1n) is 10.2. The normalized spacial score (nSPS) is 14.9. The number of rotatable bonds is 5. The molecule has 164 valence electrons. The number of nitrogens with zero attached hydrogens (tertiary/aromatic N) is 2. The van der Waals surface area contributed by atoms with Crippen molar-refractivity contribution in [1.82, 2.24) is 10.2 Å². The summed E-state index contributed by atoms with van der Waals surface area (Å²) in [4.78, 5) is 26.4. The van der Waals surface area contributed by atoms with Gasteiger partial charge in [0.1, 0.15) is 5.69 Å². The molecule has 2 heterocycles. The van der Waals surface area contributed by atoms with Crippen LogP contribution in [0.3, 0.4) is 0 Å². The third kappa shape index (κ3) is 3.28. The van der Waals surface area contributed by atoms with Crippen LogP contribution in [0.2, 0.25) is 0 Å². The van der Waals surface area contributed by atoms with E-state index in [9.17, 15) is 19.8 Å². The van der Waals surface area contributed by atoms with Crippen LogP contribution in [0.1, 0.15) is 38.0 Å². The molecular weight excluding hydrogens is 422 g/mol. The predicted molar refractivity (Wildman–Crippen MR) is 121 cm³/mol. The number of hydrogen-bond donors (Lipinski definition) is 3. The topological polar surface area (TPSA) is 116 Å². The number of methoxy groups -OCH3 is 1. The number of phenols is 1. The van der Waals surface area contributed by atoms with E-state index in [4.69, 9.17) is 4.74 Å². The largest absolute Gasteiger partial charge is 0.504 e. The number of amides is 1. The van der Waals surface area contributed by atoms with Crippen LogP contribution in [0.15, 0.2) is 72.8 Å². The van der Waals surface area contributed by atoms with Crippen molar-refractivity contribution in [1.29, 1.82) is 0 Å². The molecule has 1 atom stereocenters. The van der Waals surface area contributed by atoms with Gasteiger partial charge in [0, 0.05) is 16.8 Å². The molecule has 0 bridgehead atoms. The van der Waals surface area contributed by atoms with E-state index in [1.54, 1.807) is 29.2 Å². The van der Waals surface area contributed by atoms with Crippen molar-refractivity contribution in [3.63, 3.8) is 0 Å². The smallest absolute Gasteiger partial charge is 0.335 e. The maximum absolute atomic E-state index is 13.5. The van der Waals surface area contributed by atoms with Crippen molar-refractivity contribution in [2.45, 2.75) is 6.04 Å². The van der Waals surface area contributed by atoms with Gasteiger partial charge in [-0.2, -0.15) is 5.10 Å². The third-order valence-corrected chi connectivity index (χ3v) is 5.73. The molecule has 0 saturated heterocycles. The number of H-pyrrole nitrogens is 1. The van der Waals surface area contributed by atoms with Gasteiger partial charge in [-0.1, -0.05) is 36.4 Å². The van der Waals surface area contributed by atoms with Crippen LogP contribution < -0.4 is 9.64 Å². The number of aromatic carboxylic acids is 1. The number of aromatic nitrogens is 2. The van der Waals surface area contributed by atoms with Crippen LogP contribution in [0.5, 0.6) is 11.5 Å². The minimum absolute atomic E-state index is 0.0152. The molecule has 33 heavy (non-hydrogen) atoms. The maximum atomic E-state index is 13.5. The Balaban J connectivity index is 1.71. The predicted octanol–water partition coefficient (Wildman–Crippen LogP) is 4.24. The minimum atomic E-state index is -1.05. The lowest BCUT2D eigenvalue weighted by Gasteiger charge is -2.27. The number of benzene rings is 3. The van der Waals surface area contributed by atoms with E-state index in [-0.39, 0.29) is 23.0 Å². The van der Waals surface area contributed by atoms with Gasteiger partial charge in [0.2, 0.25) is 0 Å². The van der Waals surface area contributed by atoms with Crippen molar-refractivity contribution < 1.29 is 24.5 Å². The van der Waals surface area contributed by atoms with E-state index < -0.39 is 12.0 Å². The van der Waals surface area contributed by atoms with Gasteiger partial charge in [0.25, 0.3) is 5.91 Å². The molecule has 4 aromatic rings. The monoisotopic (exact) mass is 441 g/mol. The summed E-state index contributed by atoms with van der Waals surface area (Å²) >= 11 is 0. The molecule has 3 aromatic carbocycles. The minimum Gasteiger partial charge on any atom is -0.504 e. The number of anilines is 1. The van der Waals surface area contributed by atoms with Crippen molar-refractivity contribution in [3.05, 3.63) is 95.2 Å². The molecule has 0 aliphatic carbocycles. The van der Waals surface area contributed by atoms with E-state index in [1.165, 1.54) is 25.3 Å². The second-order valence-corrected chi connectivity index (χ2v) is 7.59. The maximum Gasteiger partial charge on any atom is 0.335 e. The molecule has 8 heteroatoms. The van der Waals surface area contributed by atoms with Gasteiger partial charge in [0.15, 0.2) is 11.5 Å². The van der Waals surface area contributed by atoms with Gasteiger partial charge >= 0.3 is 5.97 Å². The number of carboxylic acid groups (broad SMARTS) is 1. The van der Waals surface area contributed by atoms with E-state index in [0.717, 1.165) is 5.56 Å². The number of nitrogens with one attached hydrogen (secondary N) is 1. The lowest BCUT2D eigenvalue weighted by molar-refractivity contribution is 0.0696. The summed E-state index contributed by atoms with van der Waals surface area (Å²) in [5, 5.41) is 26.7. The number of fused-ring (bicyclic) bond motifs is 1. The highest BCUT2D eigenvalue weighted by molar-refractivity contribution is 6.12. The highest BCUT2D eigenvalue weighted by Gasteiger charge is 2.43. The average molecular weight is 441 g/mol. The van der Waals surface area contributed by atoms with Crippen LogP contribution in [-0.4, -0.2) is 39.4 Å². The van der Waals surface area contributed by atoms with Crippen molar-refractivity contribution >= 4 is 17.6 Å².